The summed E-state index contributed by atoms with van der Waals surface area (Å²) in [5.41, 5.74) is 0.680. The molecule has 1 amide bonds. The van der Waals surface area contributed by atoms with Crippen molar-refractivity contribution in [2.75, 3.05) is 23.8 Å². The molecule has 5 nitrogen and oxygen atoms in total. The highest BCUT2D eigenvalue weighted by atomic mass is 19.1. The molecule has 0 fully saturated rings. The molecule has 0 saturated carbocycles. The number of nitrogens with one attached hydrogen (secondary N) is 2. The maximum Gasteiger partial charge on any atom is 0.221 e. The van der Waals surface area contributed by atoms with Crippen LogP contribution < -0.4 is 15.4 Å². The summed E-state index contributed by atoms with van der Waals surface area (Å²) >= 11 is 0. The third kappa shape index (κ3) is 5.10. The van der Waals surface area contributed by atoms with Crippen molar-refractivity contribution in [1.29, 1.82) is 0 Å². The first-order chi connectivity index (χ1) is 10.1. The zero-order valence-electron chi connectivity index (χ0n) is 11.6. The van der Waals surface area contributed by atoms with Gasteiger partial charge in [0.05, 0.1) is 6.54 Å². The lowest BCUT2D eigenvalue weighted by Gasteiger charge is -2.09. The number of amides is 1. The number of benzene rings is 1. The smallest absolute Gasteiger partial charge is 0.221 e. The first-order valence-corrected chi connectivity index (χ1v) is 6.50. The molecule has 110 valence electrons. The summed E-state index contributed by atoms with van der Waals surface area (Å²) in [7, 11) is 0. The van der Waals surface area contributed by atoms with Gasteiger partial charge in [-0.2, -0.15) is 4.39 Å². The second-order valence-corrected chi connectivity index (χ2v) is 4.33. The summed E-state index contributed by atoms with van der Waals surface area (Å²) in [6, 6.07) is 11.7. The summed E-state index contributed by atoms with van der Waals surface area (Å²) in [6.45, 7) is 2.33. The number of hydrogen-bond donors (Lipinski definition) is 2. The number of nitrogens with zero attached hydrogens (tertiary/aromatic N) is 1. The molecule has 21 heavy (non-hydrogen) atoms. The molecule has 2 rings (SSSR count). The van der Waals surface area contributed by atoms with Crippen LogP contribution in [0.15, 0.2) is 42.5 Å². The lowest BCUT2D eigenvalue weighted by molar-refractivity contribution is -0.114. The molecular weight excluding hydrogens is 273 g/mol. The molecule has 2 N–H and O–H groups in total. The van der Waals surface area contributed by atoms with Crippen molar-refractivity contribution in [3.8, 4) is 5.75 Å². The minimum atomic E-state index is -0.524. The molecular formula is C15H16FN3O2. The van der Waals surface area contributed by atoms with E-state index in [0.717, 1.165) is 0 Å². The van der Waals surface area contributed by atoms with Crippen molar-refractivity contribution < 1.29 is 13.9 Å². The Bertz CT molecular complexity index is 619. The molecule has 1 aromatic heterocycles. The molecule has 0 aliphatic heterocycles. The Hall–Kier alpha value is -2.63. The number of ether oxygens (including phenoxy) is 1. The molecule has 0 radical (unpaired) electrons. The number of hydrogen-bond acceptors (Lipinski definition) is 4. The number of anilines is 2. The Morgan fingerprint density at radius 2 is 2.10 bits per heavy atom. The maximum absolute atomic E-state index is 12.9. The average Bonchev–Trinajstić information content (AvgIpc) is 2.43. The molecule has 0 unspecified atom stereocenters. The minimum absolute atomic E-state index is 0.133. The molecule has 0 saturated heterocycles. The third-order valence-corrected chi connectivity index (χ3v) is 2.55. The van der Waals surface area contributed by atoms with E-state index in [2.05, 4.69) is 15.6 Å². The fourth-order valence-corrected chi connectivity index (χ4v) is 1.72. The number of rotatable bonds is 6. The van der Waals surface area contributed by atoms with Crippen molar-refractivity contribution in [2.24, 2.45) is 0 Å². The number of aromatic nitrogens is 1. The van der Waals surface area contributed by atoms with Crippen LogP contribution in [0.3, 0.4) is 0 Å². The summed E-state index contributed by atoms with van der Waals surface area (Å²) < 4.78 is 18.4. The second kappa shape index (κ2) is 7.23. The highest BCUT2D eigenvalue weighted by molar-refractivity contribution is 5.88. The molecule has 2 aromatic rings. The van der Waals surface area contributed by atoms with Gasteiger partial charge in [-0.1, -0.05) is 12.1 Å². The lowest BCUT2D eigenvalue weighted by atomic mass is 10.3. The largest absolute Gasteiger partial charge is 0.492 e. The minimum Gasteiger partial charge on any atom is -0.492 e. The SMILES string of the molecule is CC(=O)Nc1cccc(OCCNc2cccc(F)n2)c1. The van der Waals surface area contributed by atoms with Gasteiger partial charge in [0.2, 0.25) is 11.9 Å². The van der Waals surface area contributed by atoms with Crippen molar-refractivity contribution in [1.82, 2.24) is 4.98 Å². The molecule has 0 bridgehead atoms. The molecule has 0 aliphatic rings. The Labute approximate surface area is 122 Å². The maximum atomic E-state index is 12.9. The normalized spacial score (nSPS) is 10.0. The van der Waals surface area contributed by atoms with Crippen LogP contribution >= 0.6 is 0 Å². The van der Waals surface area contributed by atoms with Crippen LogP contribution in [0.2, 0.25) is 0 Å². The van der Waals surface area contributed by atoms with Crippen molar-refractivity contribution in [3.05, 3.63) is 48.4 Å². The van der Waals surface area contributed by atoms with Gasteiger partial charge in [0, 0.05) is 18.7 Å². The second-order valence-electron chi connectivity index (χ2n) is 4.33. The van der Waals surface area contributed by atoms with Gasteiger partial charge >= 0.3 is 0 Å². The van der Waals surface area contributed by atoms with Gasteiger partial charge in [0.25, 0.3) is 0 Å². The van der Waals surface area contributed by atoms with Crippen molar-refractivity contribution in [2.45, 2.75) is 6.92 Å². The van der Waals surface area contributed by atoms with Gasteiger partial charge in [-0.05, 0) is 24.3 Å². The van der Waals surface area contributed by atoms with Crippen LogP contribution in [0.25, 0.3) is 0 Å². The summed E-state index contributed by atoms with van der Waals surface area (Å²) in [6.07, 6.45) is 0. The highest BCUT2D eigenvalue weighted by Gasteiger charge is 1.99. The average molecular weight is 289 g/mol. The Morgan fingerprint density at radius 1 is 1.29 bits per heavy atom. The number of pyridine rings is 1. The van der Waals surface area contributed by atoms with E-state index in [9.17, 15) is 9.18 Å². The van der Waals surface area contributed by atoms with E-state index < -0.39 is 5.95 Å². The lowest BCUT2D eigenvalue weighted by Crippen LogP contribution is -2.12. The van der Waals surface area contributed by atoms with Gasteiger partial charge in [-0.15, -0.1) is 0 Å². The fourth-order valence-electron chi connectivity index (χ4n) is 1.72. The van der Waals surface area contributed by atoms with Gasteiger partial charge in [0.1, 0.15) is 18.2 Å². The zero-order chi connectivity index (χ0) is 15.1. The summed E-state index contributed by atoms with van der Waals surface area (Å²) in [4.78, 5) is 14.7. The Balaban J connectivity index is 1.79. The number of carbonyl (C=O) groups is 1. The first-order valence-electron chi connectivity index (χ1n) is 6.50. The topological polar surface area (TPSA) is 63.2 Å². The van der Waals surface area contributed by atoms with E-state index in [4.69, 9.17) is 4.74 Å². The van der Waals surface area contributed by atoms with Crippen molar-refractivity contribution in [3.63, 3.8) is 0 Å². The van der Waals surface area contributed by atoms with Gasteiger partial charge in [-0.25, -0.2) is 4.98 Å². The van der Waals surface area contributed by atoms with E-state index >= 15 is 0 Å². The molecule has 1 aromatic carbocycles. The molecule has 0 atom stereocenters. The van der Waals surface area contributed by atoms with E-state index in [1.54, 1.807) is 36.4 Å². The Morgan fingerprint density at radius 3 is 2.86 bits per heavy atom. The van der Waals surface area contributed by atoms with E-state index in [1.165, 1.54) is 13.0 Å². The van der Waals surface area contributed by atoms with Crippen LogP contribution in [-0.2, 0) is 4.79 Å². The molecule has 0 aliphatic carbocycles. The Kier molecular flexibility index (Phi) is 5.09. The van der Waals surface area contributed by atoms with Gasteiger partial charge in [0.15, 0.2) is 0 Å². The standard InChI is InChI=1S/C15H16FN3O2/c1-11(20)18-12-4-2-5-13(10-12)21-9-8-17-15-7-3-6-14(16)19-15/h2-7,10H,8-9H2,1H3,(H,17,19)(H,18,20). The first kappa shape index (κ1) is 14.8. The van der Waals surface area contributed by atoms with E-state index in [0.29, 0.717) is 30.4 Å². The summed E-state index contributed by atoms with van der Waals surface area (Å²) in [5, 5.41) is 5.64. The number of halogens is 1. The molecule has 6 heteroatoms. The van der Waals surface area contributed by atoms with Gasteiger partial charge in [-0.3, -0.25) is 4.79 Å². The monoisotopic (exact) mass is 289 g/mol. The van der Waals surface area contributed by atoms with E-state index in [1.807, 2.05) is 0 Å². The zero-order valence-corrected chi connectivity index (χ0v) is 11.6. The third-order valence-electron chi connectivity index (χ3n) is 2.55. The van der Waals surface area contributed by atoms with Crippen LogP contribution in [0.1, 0.15) is 6.92 Å². The quantitative estimate of drug-likeness (QED) is 0.634. The predicted octanol–water partition coefficient (Wildman–Crippen LogP) is 2.67. The molecule has 0 spiro atoms. The van der Waals surface area contributed by atoms with Crippen molar-refractivity contribution >= 4 is 17.4 Å². The highest BCUT2D eigenvalue weighted by Crippen LogP contribution is 2.17. The van der Waals surface area contributed by atoms with Crippen LogP contribution in [0, 0.1) is 5.95 Å². The molecule has 1 heterocycles. The van der Waals surface area contributed by atoms with Crippen LogP contribution in [0.4, 0.5) is 15.9 Å². The van der Waals surface area contributed by atoms with Gasteiger partial charge < -0.3 is 15.4 Å². The fraction of sp³-hybridized carbons (Fsp3) is 0.200. The predicted molar refractivity (Wildman–Crippen MR) is 78.9 cm³/mol. The van der Waals surface area contributed by atoms with E-state index in [-0.39, 0.29) is 5.91 Å². The van der Waals surface area contributed by atoms with Crippen LogP contribution in [-0.4, -0.2) is 24.0 Å². The number of carbonyl (C=O) groups excluding carboxylic acids is 1. The van der Waals surface area contributed by atoms with Crippen LogP contribution in [0.5, 0.6) is 5.75 Å². The summed E-state index contributed by atoms with van der Waals surface area (Å²) in [5.74, 6) is 0.454.